The third-order valence-corrected chi connectivity index (χ3v) is 2.06. The standard InChI is InChI=1S/C11H20O5/c1-14-10(8-11(15-2)16-3)7-9(13)5-4-6-12/h7,11-12H,4-6,8H2,1-3H3/b10-7-. The lowest BCUT2D eigenvalue weighted by molar-refractivity contribution is -0.115. The minimum absolute atomic E-state index is 0.0145. The summed E-state index contributed by atoms with van der Waals surface area (Å²) >= 11 is 0. The molecule has 16 heavy (non-hydrogen) atoms. The fraction of sp³-hybridized carbons (Fsp3) is 0.727. The summed E-state index contributed by atoms with van der Waals surface area (Å²) in [5.41, 5.74) is 0. The van der Waals surface area contributed by atoms with Gasteiger partial charge in [-0.3, -0.25) is 4.79 Å². The highest BCUT2D eigenvalue weighted by Gasteiger charge is 2.10. The second kappa shape index (κ2) is 9.33. The lowest BCUT2D eigenvalue weighted by Gasteiger charge is -2.14. The van der Waals surface area contributed by atoms with Crippen molar-refractivity contribution in [3.63, 3.8) is 0 Å². The Hall–Kier alpha value is -0.910. The number of rotatable bonds is 9. The number of hydrogen-bond donors (Lipinski definition) is 1. The smallest absolute Gasteiger partial charge is 0.163 e. The zero-order chi connectivity index (χ0) is 12.4. The summed E-state index contributed by atoms with van der Waals surface area (Å²) in [5, 5.41) is 8.58. The van der Waals surface area contributed by atoms with E-state index in [9.17, 15) is 4.79 Å². The van der Waals surface area contributed by atoms with Gasteiger partial charge < -0.3 is 19.3 Å². The van der Waals surface area contributed by atoms with Crippen LogP contribution in [0.4, 0.5) is 0 Å². The van der Waals surface area contributed by atoms with Crippen LogP contribution in [0.25, 0.3) is 0 Å². The summed E-state index contributed by atoms with van der Waals surface area (Å²) in [6, 6.07) is 0. The maximum atomic E-state index is 11.4. The molecule has 0 aliphatic carbocycles. The number of carbonyl (C=O) groups excluding carboxylic acids is 1. The molecule has 5 nitrogen and oxygen atoms in total. The van der Waals surface area contributed by atoms with Crippen molar-refractivity contribution in [2.45, 2.75) is 25.6 Å². The molecule has 0 bridgehead atoms. The Bertz CT molecular complexity index is 220. The Morgan fingerprint density at radius 1 is 1.31 bits per heavy atom. The van der Waals surface area contributed by atoms with Crippen molar-refractivity contribution >= 4 is 5.78 Å². The normalized spacial score (nSPS) is 11.9. The van der Waals surface area contributed by atoms with Crippen LogP contribution in [0.15, 0.2) is 11.8 Å². The van der Waals surface area contributed by atoms with Gasteiger partial charge in [0.05, 0.1) is 13.5 Å². The fourth-order valence-corrected chi connectivity index (χ4v) is 1.13. The first kappa shape index (κ1) is 15.1. The molecule has 0 rings (SSSR count). The summed E-state index contributed by atoms with van der Waals surface area (Å²) < 4.78 is 15.1. The number of allylic oxidation sites excluding steroid dienone is 1. The van der Waals surface area contributed by atoms with Gasteiger partial charge in [-0.1, -0.05) is 0 Å². The van der Waals surface area contributed by atoms with E-state index in [4.69, 9.17) is 19.3 Å². The van der Waals surface area contributed by atoms with Gasteiger partial charge in [-0.05, 0) is 6.42 Å². The molecule has 0 spiro atoms. The number of aliphatic hydroxyl groups is 1. The molecule has 94 valence electrons. The maximum Gasteiger partial charge on any atom is 0.163 e. The van der Waals surface area contributed by atoms with E-state index in [0.29, 0.717) is 25.0 Å². The van der Waals surface area contributed by atoms with Gasteiger partial charge in [0, 0.05) is 33.3 Å². The third kappa shape index (κ3) is 6.55. The van der Waals surface area contributed by atoms with Crippen LogP contribution in [0, 0.1) is 0 Å². The summed E-state index contributed by atoms with van der Waals surface area (Å²) in [6.45, 7) is 0.0145. The van der Waals surface area contributed by atoms with Crippen molar-refractivity contribution in [3.05, 3.63) is 11.8 Å². The SMILES string of the molecule is CO/C(=C\C(=O)CCCO)CC(OC)OC. The van der Waals surface area contributed by atoms with Crippen LogP contribution in [-0.2, 0) is 19.0 Å². The highest BCUT2D eigenvalue weighted by atomic mass is 16.7. The lowest BCUT2D eigenvalue weighted by Crippen LogP contribution is -2.15. The quantitative estimate of drug-likeness (QED) is 0.363. The van der Waals surface area contributed by atoms with Crippen molar-refractivity contribution in [3.8, 4) is 0 Å². The number of ether oxygens (including phenoxy) is 3. The number of hydrogen-bond acceptors (Lipinski definition) is 5. The molecular formula is C11H20O5. The van der Waals surface area contributed by atoms with E-state index in [0.717, 1.165) is 0 Å². The van der Waals surface area contributed by atoms with E-state index in [1.807, 2.05) is 0 Å². The maximum absolute atomic E-state index is 11.4. The lowest BCUT2D eigenvalue weighted by atomic mass is 10.2. The summed E-state index contributed by atoms with van der Waals surface area (Å²) in [6.07, 6.45) is 2.16. The molecule has 0 atom stereocenters. The van der Waals surface area contributed by atoms with Gasteiger partial charge in [0.15, 0.2) is 12.1 Å². The van der Waals surface area contributed by atoms with Crippen molar-refractivity contribution in [1.29, 1.82) is 0 Å². The third-order valence-electron chi connectivity index (χ3n) is 2.06. The van der Waals surface area contributed by atoms with Gasteiger partial charge in [0.1, 0.15) is 5.76 Å². The first-order chi connectivity index (χ1) is 7.67. The van der Waals surface area contributed by atoms with E-state index in [2.05, 4.69) is 0 Å². The van der Waals surface area contributed by atoms with Crippen LogP contribution < -0.4 is 0 Å². The van der Waals surface area contributed by atoms with E-state index in [1.165, 1.54) is 27.4 Å². The van der Waals surface area contributed by atoms with Crippen LogP contribution in [0.2, 0.25) is 0 Å². The van der Waals surface area contributed by atoms with E-state index < -0.39 is 6.29 Å². The molecule has 5 heteroatoms. The van der Waals surface area contributed by atoms with Crippen LogP contribution in [0.3, 0.4) is 0 Å². The molecule has 0 heterocycles. The Kier molecular flexibility index (Phi) is 8.80. The minimum atomic E-state index is -0.420. The van der Waals surface area contributed by atoms with Crippen LogP contribution in [0.5, 0.6) is 0 Å². The van der Waals surface area contributed by atoms with Crippen molar-refractivity contribution in [1.82, 2.24) is 0 Å². The predicted molar refractivity (Wildman–Crippen MR) is 58.8 cm³/mol. The zero-order valence-corrected chi connectivity index (χ0v) is 10.1. The predicted octanol–water partition coefficient (Wildman–Crippen LogP) is 0.867. The van der Waals surface area contributed by atoms with Gasteiger partial charge in [-0.2, -0.15) is 0 Å². The summed E-state index contributed by atoms with van der Waals surface area (Å²) in [5.74, 6) is 0.438. The van der Waals surface area contributed by atoms with Gasteiger partial charge in [0.2, 0.25) is 0 Å². The van der Waals surface area contributed by atoms with Gasteiger partial charge in [-0.15, -0.1) is 0 Å². The largest absolute Gasteiger partial charge is 0.501 e. The molecular weight excluding hydrogens is 212 g/mol. The van der Waals surface area contributed by atoms with E-state index >= 15 is 0 Å². The van der Waals surface area contributed by atoms with Crippen molar-refractivity contribution in [2.24, 2.45) is 0 Å². The second-order valence-electron chi connectivity index (χ2n) is 3.21. The van der Waals surface area contributed by atoms with Gasteiger partial charge in [-0.25, -0.2) is 0 Å². The topological polar surface area (TPSA) is 65.0 Å². The number of carbonyl (C=O) groups is 1. The first-order valence-corrected chi connectivity index (χ1v) is 5.11. The molecule has 1 N–H and O–H groups in total. The minimum Gasteiger partial charge on any atom is -0.501 e. The molecule has 0 saturated heterocycles. The van der Waals surface area contributed by atoms with Crippen LogP contribution >= 0.6 is 0 Å². The Balaban J connectivity index is 4.24. The van der Waals surface area contributed by atoms with E-state index in [1.54, 1.807) is 0 Å². The molecule has 0 aromatic rings. The molecule has 0 aliphatic heterocycles. The molecule has 0 aromatic heterocycles. The highest BCUT2D eigenvalue weighted by Crippen LogP contribution is 2.10. The second-order valence-corrected chi connectivity index (χ2v) is 3.21. The molecule has 0 aromatic carbocycles. The number of aliphatic hydroxyl groups excluding tert-OH is 1. The Morgan fingerprint density at radius 2 is 1.94 bits per heavy atom. The molecule has 0 unspecified atom stereocenters. The molecule has 0 amide bonds. The number of ketones is 1. The summed E-state index contributed by atoms with van der Waals surface area (Å²) in [4.78, 5) is 11.4. The summed E-state index contributed by atoms with van der Waals surface area (Å²) in [7, 11) is 4.54. The van der Waals surface area contributed by atoms with E-state index in [-0.39, 0.29) is 12.4 Å². The molecule has 0 fully saturated rings. The number of methoxy groups -OCH3 is 3. The fourth-order valence-electron chi connectivity index (χ4n) is 1.13. The molecule has 0 radical (unpaired) electrons. The zero-order valence-electron chi connectivity index (χ0n) is 10.1. The monoisotopic (exact) mass is 232 g/mol. The van der Waals surface area contributed by atoms with Crippen LogP contribution in [-0.4, -0.2) is 45.1 Å². The average molecular weight is 232 g/mol. The van der Waals surface area contributed by atoms with Crippen molar-refractivity contribution in [2.75, 3.05) is 27.9 Å². The van der Waals surface area contributed by atoms with Crippen LogP contribution in [0.1, 0.15) is 19.3 Å². The molecule has 0 saturated carbocycles. The highest BCUT2D eigenvalue weighted by molar-refractivity contribution is 5.89. The van der Waals surface area contributed by atoms with Gasteiger partial charge in [0.25, 0.3) is 0 Å². The Morgan fingerprint density at radius 3 is 2.38 bits per heavy atom. The first-order valence-electron chi connectivity index (χ1n) is 5.11. The average Bonchev–Trinajstić information content (AvgIpc) is 2.31. The molecule has 0 aliphatic rings. The van der Waals surface area contributed by atoms with Gasteiger partial charge >= 0.3 is 0 Å². The van der Waals surface area contributed by atoms with Crippen molar-refractivity contribution < 1.29 is 24.1 Å². The Labute approximate surface area is 96.0 Å².